The van der Waals surface area contributed by atoms with Gasteiger partial charge in [0.25, 0.3) is 5.91 Å². The van der Waals surface area contributed by atoms with Gasteiger partial charge in [0.15, 0.2) is 0 Å². The van der Waals surface area contributed by atoms with Crippen molar-refractivity contribution in [1.29, 1.82) is 5.26 Å². The lowest BCUT2D eigenvalue weighted by Gasteiger charge is -2.24. The first-order chi connectivity index (χ1) is 9.49. The number of hydrogen-bond donors (Lipinski definition) is 0. The highest BCUT2D eigenvalue weighted by atomic mass is 35.5. The van der Waals surface area contributed by atoms with Crippen molar-refractivity contribution < 1.29 is 9.53 Å². The second kappa shape index (κ2) is 7.76. The highest BCUT2D eigenvalue weighted by molar-refractivity contribution is 6.30. The van der Waals surface area contributed by atoms with E-state index in [1.807, 2.05) is 13.8 Å². The molecular formula is C15H19ClN2O2. The number of amides is 1. The van der Waals surface area contributed by atoms with E-state index in [4.69, 9.17) is 21.6 Å². The predicted octanol–water partition coefficient (Wildman–Crippen LogP) is 3.36. The van der Waals surface area contributed by atoms with Crippen molar-refractivity contribution in [2.24, 2.45) is 5.92 Å². The minimum Gasteiger partial charge on any atom is -0.496 e. The van der Waals surface area contributed by atoms with E-state index in [0.717, 1.165) is 0 Å². The number of nitrogens with zero attached hydrogens (tertiary/aromatic N) is 2. The van der Waals surface area contributed by atoms with Gasteiger partial charge in [0, 0.05) is 18.1 Å². The first-order valence-electron chi connectivity index (χ1n) is 6.49. The number of benzene rings is 1. The topological polar surface area (TPSA) is 53.3 Å². The molecule has 0 aliphatic heterocycles. The van der Waals surface area contributed by atoms with Crippen LogP contribution in [0, 0.1) is 17.2 Å². The molecule has 1 rings (SSSR count). The summed E-state index contributed by atoms with van der Waals surface area (Å²) < 4.78 is 5.21. The second-order valence-electron chi connectivity index (χ2n) is 4.90. The summed E-state index contributed by atoms with van der Waals surface area (Å²) in [6.07, 6.45) is 0.314. The summed E-state index contributed by atoms with van der Waals surface area (Å²) in [5.41, 5.74) is 0.468. The third-order valence-electron chi connectivity index (χ3n) is 2.76. The molecule has 108 valence electrons. The van der Waals surface area contributed by atoms with Gasteiger partial charge in [-0.05, 0) is 24.1 Å². The summed E-state index contributed by atoms with van der Waals surface area (Å²) in [7, 11) is 1.50. The first-order valence-corrected chi connectivity index (χ1v) is 6.87. The van der Waals surface area contributed by atoms with Gasteiger partial charge in [-0.1, -0.05) is 25.4 Å². The van der Waals surface area contributed by atoms with Crippen LogP contribution in [0.15, 0.2) is 18.2 Å². The normalized spacial score (nSPS) is 10.2. The van der Waals surface area contributed by atoms with Crippen LogP contribution in [-0.2, 0) is 0 Å². The minimum atomic E-state index is -0.137. The van der Waals surface area contributed by atoms with Crippen molar-refractivity contribution in [3.63, 3.8) is 0 Å². The monoisotopic (exact) mass is 294 g/mol. The number of nitriles is 1. The Hall–Kier alpha value is -1.73. The zero-order valence-electron chi connectivity index (χ0n) is 12.0. The molecule has 0 fully saturated rings. The fourth-order valence-corrected chi connectivity index (χ4v) is 2.08. The summed E-state index contributed by atoms with van der Waals surface area (Å²) in [6, 6.07) is 7.00. The number of halogens is 1. The molecule has 4 nitrogen and oxygen atoms in total. The van der Waals surface area contributed by atoms with Gasteiger partial charge in [-0.2, -0.15) is 5.26 Å². The van der Waals surface area contributed by atoms with Gasteiger partial charge < -0.3 is 9.64 Å². The van der Waals surface area contributed by atoms with Crippen LogP contribution in [-0.4, -0.2) is 31.0 Å². The SMILES string of the molecule is COc1cc(Cl)ccc1C(=O)N(CCC#N)CC(C)C. The van der Waals surface area contributed by atoms with E-state index < -0.39 is 0 Å². The maximum Gasteiger partial charge on any atom is 0.257 e. The van der Waals surface area contributed by atoms with E-state index >= 15 is 0 Å². The first kappa shape index (κ1) is 16.3. The molecule has 0 unspecified atom stereocenters. The van der Waals surface area contributed by atoms with Crippen LogP contribution in [0.2, 0.25) is 5.02 Å². The molecule has 0 atom stereocenters. The fraction of sp³-hybridized carbons (Fsp3) is 0.467. The third-order valence-corrected chi connectivity index (χ3v) is 3.00. The molecule has 0 bridgehead atoms. The lowest BCUT2D eigenvalue weighted by molar-refractivity contribution is 0.0736. The molecule has 0 N–H and O–H groups in total. The van der Waals surface area contributed by atoms with E-state index in [1.165, 1.54) is 7.11 Å². The summed E-state index contributed by atoms with van der Waals surface area (Å²) in [5, 5.41) is 9.23. The van der Waals surface area contributed by atoms with Crippen LogP contribution < -0.4 is 4.74 Å². The highest BCUT2D eigenvalue weighted by Crippen LogP contribution is 2.24. The molecule has 0 saturated carbocycles. The number of hydrogen-bond acceptors (Lipinski definition) is 3. The van der Waals surface area contributed by atoms with Crippen molar-refractivity contribution in [3.05, 3.63) is 28.8 Å². The van der Waals surface area contributed by atoms with E-state index in [0.29, 0.717) is 41.8 Å². The Morgan fingerprint density at radius 2 is 2.20 bits per heavy atom. The molecule has 0 aliphatic carbocycles. The Balaban J connectivity index is 3.02. The number of methoxy groups -OCH3 is 1. The lowest BCUT2D eigenvalue weighted by atomic mass is 10.1. The van der Waals surface area contributed by atoms with Gasteiger partial charge in [-0.3, -0.25) is 4.79 Å². The third kappa shape index (κ3) is 4.43. The fourth-order valence-electron chi connectivity index (χ4n) is 1.91. The van der Waals surface area contributed by atoms with Crippen LogP contribution in [0.5, 0.6) is 5.75 Å². The Morgan fingerprint density at radius 1 is 1.50 bits per heavy atom. The quantitative estimate of drug-likeness (QED) is 0.808. The maximum absolute atomic E-state index is 12.6. The zero-order chi connectivity index (χ0) is 15.1. The molecule has 0 spiro atoms. The standard InChI is InChI=1S/C15H19ClN2O2/c1-11(2)10-18(8-4-7-17)15(19)13-6-5-12(16)9-14(13)20-3/h5-6,9,11H,4,8,10H2,1-3H3. The molecule has 1 aromatic carbocycles. The summed E-state index contributed by atoms with van der Waals surface area (Å²) in [4.78, 5) is 14.3. The average molecular weight is 295 g/mol. The van der Waals surface area contributed by atoms with Gasteiger partial charge in [-0.25, -0.2) is 0 Å². The van der Waals surface area contributed by atoms with Crippen molar-refractivity contribution in [2.45, 2.75) is 20.3 Å². The number of carbonyl (C=O) groups is 1. The second-order valence-corrected chi connectivity index (χ2v) is 5.33. The lowest BCUT2D eigenvalue weighted by Crippen LogP contribution is -2.35. The molecule has 1 amide bonds. The molecular weight excluding hydrogens is 276 g/mol. The number of rotatable bonds is 6. The Kier molecular flexibility index (Phi) is 6.33. The van der Waals surface area contributed by atoms with Crippen molar-refractivity contribution >= 4 is 17.5 Å². The smallest absolute Gasteiger partial charge is 0.257 e. The van der Waals surface area contributed by atoms with Gasteiger partial charge in [0.2, 0.25) is 0 Å². The molecule has 0 saturated heterocycles. The van der Waals surface area contributed by atoms with E-state index in [2.05, 4.69) is 6.07 Å². The maximum atomic E-state index is 12.6. The van der Waals surface area contributed by atoms with Gasteiger partial charge in [-0.15, -0.1) is 0 Å². The van der Waals surface area contributed by atoms with Gasteiger partial charge >= 0.3 is 0 Å². The highest BCUT2D eigenvalue weighted by Gasteiger charge is 2.20. The van der Waals surface area contributed by atoms with E-state index in [-0.39, 0.29) is 5.91 Å². The Morgan fingerprint density at radius 3 is 2.75 bits per heavy atom. The molecule has 5 heteroatoms. The van der Waals surface area contributed by atoms with Gasteiger partial charge in [0.1, 0.15) is 5.75 Å². The van der Waals surface area contributed by atoms with Crippen molar-refractivity contribution in [3.8, 4) is 11.8 Å². The van der Waals surface area contributed by atoms with E-state index in [9.17, 15) is 4.79 Å². The summed E-state index contributed by atoms with van der Waals surface area (Å²) >= 11 is 5.90. The minimum absolute atomic E-state index is 0.137. The van der Waals surface area contributed by atoms with Crippen LogP contribution in [0.1, 0.15) is 30.6 Å². The predicted molar refractivity (Wildman–Crippen MR) is 79.0 cm³/mol. The molecule has 20 heavy (non-hydrogen) atoms. The van der Waals surface area contributed by atoms with Crippen LogP contribution >= 0.6 is 11.6 Å². The molecule has 0 heterocycles. The van der Waals surface area contributed by atoms with Gasteiger partial charge in [0.05, 0.1) is 25.2 Å². The van der Waals surface area contributed by atoms with Crippen LogP contribution in [0.25, 0.3) is 0 Å². The van der Waals surface area contributed by atoms with Crippen LogP contribution in [0.3, 0.4) is 0 Å². The molecule has 0 aliphatic rings. The van der Waals surface area contributed by atoms with Crippen molar-refractivity contribution in [1.82, 2.24) is 4.90 Å². The molecule has 1 aromatic rings. The zero-order valence-corrected chi connectivity index (χ0v) is 12.8. The summed E-state index contributed by atoms with van der Waals surface area (Å²) in [5.74, 6) is 0.645. The van der Waals surface area contributed by atoms with E-state index in [1.54, 1.807) is 23.1 Å². The summed E-state index contributed by atoms with van der Waals surface area (Å²) in [6.45, 7) is 5.09. The average Bonchev–Trinajstić information content (AvgIpc) is 2.42. The van der Waals surface area contributed by atoms with Crippen LogP contribution in [0.4, 0.5) is 0 Å². The number of carbonyl (C=O) groups excluding carboxylic acids is 1. The molecule has 0 aromatic heterocycles. The molecule has 0 radical (unpaired) electrons. The Labute approximate surface area is 124 Å². The Bertz CT molecular complexity index is 509. The largest absolute Gasteiger partial charge is 0.496 e. The van der Waals surface area contributed by atoms with Crippen molar-refractivity contribution in [2.75, 3.05) is 20.2 Å². The number of ether oxygens (including phenoxy) is 1.